The fraction of sp³-hybridized carbons (Fsp3) is 0.190. The third-order valence-corrected chi connectivity index (χ3v) is 5.74. The number of para-hydroxylation sites is 2. The van der Waals surface area contributed by atoms with Crippen molar-refractivity contribution in [2.75, 3.05) is 0 Å². The smallest absolute Gasteiger partial charge is 0.408 e. The van der Waals surface area contributed by atoms with Crippen molar-refractivity contribution in [2.24, 2.45) is 4.99 Å². The minimum Gasteiger partial charge on any atom is -0.408 e. The van der Waals surface area contributed by atoms with E-state index >= 15 is 0 Å². The molecule has 0 unspecified atom stereocenters. The van der Waals surface area contributed by atoms with E-state index in [9.17, 15) is 9.59 Å². The lowest BCUT2D eigenvalue weighted by Crippen LogP contribution is -2.22. The van der Waals surface area contributed by atoms with Crippen LogP contribution in [-0.2, 0) is 17.9 Å². The number of aromatic nitrogens is 2. The predicted octanol–water partition coefficient (Wildman–Crippen LogP) is 3.54. The molecule has 0 aliphatic rings. The van der Waals surface area contributed by atoms with Crippen LogP contribution in [-0.4, -0.2) is 15.0 Å². The van der Waals surface area contributed by atoms with Crippen LogP contribution in [0.15, 0.2) is 63.3 Å². The second kappa shape index (κ2) is 7.09. The van der Waals surface area contributed by atoms with Crippen molar-refractivity contribution in [1.29, 1.82) is 0 Å². The molecule has 0 saturated carbocycles. The Balaban J connectivity index is 1.79. The number of oxazole rings is 1. The van der Waals surface area contributed by atoms with E-state index in [1.54, 1.807) is 30.3 Å². The van der Waals surface area contributed by atoms with Gasteiger partial charge in [0.1, 0.15) is 6.54 Å². The predicted molar refractivity (Wildman–Crippen MR) is 111 cm³/mol. The van der Waals surface area contributed by atoms with Crippen LogP contribution < -0.4 is 10.6 Å². The Morgan fingerprint density at radius 2 is 1.93 bits per heavy atom. The Bertz CT molecular complexity index is 1350. The van der Waals surface area contributed by atoms with Crippen LogP contribution in [0, 0.1) is 13.8 Å². The fourth-order valence-corrected chi connectivity index (χ4v) is 4.29. The van der Waals surface area contributed by atoms with Crippen LogP contribution in [0.5, 0.6) is 0 Å². The second-order valence-electron chi connectivity index (χ2n) is 6.62. The summed E-state index contributed by atoms with van der Waals surface area (Å²) in [5.41, 5.74) is 4.42. The number of hydrogen-bond donors (Lipinski definition) is 0. The van der Waals surface area contributed by atoms with Crippen molar-refractivity contribution in [3.05, 3.63) is 75.5 Å². The molecule has 28 heavy (non-hydrogen) atoms. The van der Waals surface area contributed by atoms with Gasteiger partial charge in [-0.3, -0.25) is 9.36 Å². The average molecular weight is 393 g/mol. The van der Waals surface area contributed by atoms with Gasteiger partial charge in [0.25, 0.3) is 5.91 Å². The molecule has 4 aromatic rings. The van der Waals surface area contributed by atoms with Crippen LogP contribution in [0.3, 0.4) is 0 Å². The molecule has 2 heterocycles. The van der Waals surface area contributed by atoms with Gasteiger partial charge in [-0.2, -0.15) is 4.99 Å². The number of aryl methyl sites for hydroxylation is 2. The number of allylic oxidation sites excluding steroid dienone is 1. The first-order valence-corrected chi connectivity index (χ1v) is 9.67. The van der Waals surface area contributed by atoms with Gasteiger partial charge in [-0.15, -0.1) is 6.58 Å². The van der Waals surface area contributed by atoms with Crippen LogP contribution in [0.2, 0.25) is 0 Å². The minimum atomic E-state index is -0.564. The third-order valence-electron chi connectivity index (χ3n) is 4.70. The second-order valence-corrected chi connectivity index (χ2v) is 7.62. The Morgan fingerprint density at radius 1 is 1.18 bits per heavy atom. The fourth-order valence-electron chi connectivity index (χ4n) is 3.15. The number of fused-ring (bicyclic) bond motifs is 2. The van der Waals surface area contributed by atoms with Gasteiger partial charge in [-0.05, 0) is 49.2 Å². The molecule has 0 atom stereocenters. The third kappa shape index (κ3) is 3.14. The average Bonchev–Trinajstić information content (AvgIpc) is 3.14. The lowest BCUT2D eigenvalue weighted by molar-refractivity contribution is -0.118. The van der Waals surface area contributed by atoms with Gasteiger partial charge >= 0.3 is 5.76 Å². The van der Waals surface area contributed by atoms with E-state index in [-0.39, 0.29) is 6.54 Å². The molecule has 2 aromatic heterocycles. The maximum absolute atomic E-state index is 12.6. The summed E-state index contributed by atoms with van der Waals surface area (Å²) in [6, 6.07) is 11.2. The first-order chi connectivity index (χ1) is 13.5. The number of carbonyl (C=O) groups excluding carboxylic acids is 1. The number of amides is 1. The Morgan fingerprint density at radius 3 is 2.71 bits per heavy atom. The summed E-state index contributed by atoms with van der Waals surface area (Å²) in [5, 5.41) is 0. The van der Waals surface area contributed by atoms with E-state index < -0.39 is 11.7 Å². The SMILES string of the molecule is C=CCn1c(=NC(=O)Cn2c(=O)oc3ccccc32)sc2cc(C)c(C)cc21. The first kappa shape index (κ1) is 18.2. The lowest BCUT2D eigenvalue weighted by Gasteiger charge is -2.04. The normalized spacial score (nSPS) is 12.1. The molecule has 7 heteroatoms. The van der Waals surface area contributed by atoms with Crippen LogP contribution in [0.4, 0.5) is 0 Å². The van der Waals surface area contributed by atoms with Gasteiger partial charge in [0.15, 0.2) is 10.4 Å². The van der Waals surface area contributed by atoms with Crippen LogP contribution >= 0.6 is 11.3 Å². The molecule has 6 nitrogen and oxygen atoms in total. The van der Waals surface area contributed by atoms with Gasteiger partial charge in [-0.1, -0.05) is 29.5 Å². The number of carbonyl (C=O) groups is 1. The molecule has 142 valence electrons. The first-order valence-electron chi connectivity index (χ1n) is 8.85. The maximum atomic E-state index is 12.6. The molecular weight excluding hydrogens is 374 g/mol. The molecule has 0 N–H and O–H groups in total. The standard InChI is InChI=1S/C21H19N3O3S/c1-4-9-23-16-10-13(2)14(3)11-18(16)28-20(23)22-19(25)12-24-15-7-5-6-8-17(15)27-21(24)26/h4-8,10-11H,1,9,12H2,2-3H3. The molecular formula is C21H19N3O3S. The zero-order valence-corrected chi connectivity index (χ0v) is 16.5. The molecule has 1 amide bonds. The number of rotatable bonds is 4. The van der Waals surface area contributed by atoms with E-state index in [4.69, 9.17) is 4.42 Å². The van der Waals surface area contributed by atoms with Crippen LogP contribution in [0.1, 0.15) is 11.1 Å². The van der Waals surface area contributed by atoms with Crippen molar-refractivity contribution in [3.8, 4) is 0 Å². The molecule has 0 spiro atoms. The zero-order valence-electron chi connectivity index (χ0n) is 15.6. The highest BCUT2D eigenvalue weighted by Gasteiger charge is 2.13. The van der Waals surface area contributed by atoms with Gasteiger partial charge < -0.3 is 8.98 Å². The van der Waals surface area contributed by atoms with Crippen molar-refractivity contribution in [3.63, 3.8) is 0 Å². The maximum Gasteiger partial charge on any atom is 0.420 e. The quantitative estimate of drug-likeness (QED) is 0.498. The Hall–Kier alpha value is -3.19. The number of thiazole rings is 1. The van der Waals surface area contributed by atoms with Gasteiger partial charge in [0.2, 0.25) is 0 Å². The summed E-state index contributed by atoms with van der Waals surface area (Å²) in [5.74, 6) is -0.974. The van der Waals surface area contributed by atoms with Gasteiger partial charge in [0.05, 0.1) is 15.7 Å². The highest BCUT2D eigenvalue weighted by Crippen LogP contribution is 2.22. The van der Waals surface area contributed by atoms with E-state index in [0.29, 0.717) is 22.4 Å². The minimum absolute atomic E-state index is 0.170. The monoisotopic (exact) mass is 393 g/mol. The highest BCUT2D eigenvalue weighted by molar-refractivity contribution is 7.16. The zero-order chi connectivity index (χ0) is 19.8. The number of nitrogens with zero attached hydrogens (tertiary/aromatic N) is 3. The highest BCUT2D eigenvalue weighted by atomic mass is 32.1. The Labute approximate surface area is 164 Å². The van der Waals surface area contributed by atoms with Crippen molar-refractivity contribution < 1.29 is 9.21 Å². The van der Waals surface area contributed by atoms with Gasteiger partial charge in [0, 0.05) is 6.54 Å². The van der Waals surface area contributed by atoms with Crippen LogP contribution in [0.25, 0.3) is 21.3 Å². The molecule has 2 aromatic carbocycles. The summed E-state index contributed by atoms with van der Waals surface area (Å²) in [7, 11) is 0. The van der Waals surface area contributed by atoms with E-state index in [1.807, 2.05) is 4.57 Å². The summed E-state index contributed by atoms with van der Waals surface area (Å²) < 4.78 is 9.51. The summed E-state index contributed by atoms with van der Waals surface area (Å²) in [4.78, 5) is 29.6. The molecule has 0 radical (unpaired) electrons. The molecule has 4 rings (SSSR count). The van der Waals surface area contributed by atoms with E-state index in [0.717, 1.165) is 10.2 Å². The molecule has 0 aliphatic heterocycles. The largest absolute Gasteiger partial charge is 0.420 e. The van der Waals surface area contributed by atoms with E-state index in [1.165, 1.54) is 27.0 Å². The summed E-state index contributed by atoms with van der Waals surface area (Å²) >= 11 is 1.45. The number of hydrogen-bond acceptors (Lipinski definition) is 4. The molecule has 0 bridgehead atoms. The van der Waals surface area contributed by atoms with E-state index in [2.05, 4.69) is 37.6 Å². The molecule has 0 saturated heterocycles. The van der Waals surface area contributed by atoms with Gasteiger partial charge in [-0.25, -0.2) is 4.79 Å². The Kier molecular flexibility index (Phi) is 4.60. The van der Waals surface area contributed by atoms with Crippen molar-refractivity contribution in [2.45, 2.75) is 26.9 Å². The topological polar surface area (TPSA) is 69.5 Å². The van der Waals surface area contributed by atoms with Crippen molar-refractivity contribution in [1.82, 2.24) is 9.13 Å². The molecule has 0 aliphatic carbocycles. The van der Waals surface area contributed by atoms with Crippen molar-refractivity contribution >= 4 is 38.6 Å². The lowest BCUT2D eigenvalue weighted by atomic mass is 10.1. The number of benzene rings is 2. The summed E-state index contributed by atoms with van der Waals surface area (Å²) in [6.45, 7) is 8.30. The molecule has 0 fully saturated rings. The summed E-state index contributed by atoms with van der Waals surface area (Å²) in [6.07, 6.45) is 1.78.